The first kappa shape index (κ1) is 16.4. The Kier molecular flexibility index (Phi) is 5.21. The summed E-state index contributed by atoms with van der Waals surface area (Å²) in [5.41, 5.74) is 3.06. The Morgan fingerprint density at radius 3 is 2.68 bits per heavy atom. The SMILES string of the molecule is COc1cccc(Nc2cncc(C(=O)NCc3ccncc3)c2)c1. The molecule has 0 saturated carbocycles. The lowest BCUT2D eigenvalue weighted by atomic mass is 10.2. The number of carbonyl (C=O) groups excluding carboxylic acids is 1. The fraction of sp³-hybridized carbons (Fsp3) is 0.105. The molecule has 126 valence electrons. The van der Waals surface area contributed by atoms with Gasteiger partial charge in [-0.3, -0.25) is 14.8 Å². The first-order chi connectivity index (χ1) is 12.2. The molecular weight excluding hydrogens is 316 g/mol. The standard InChI is InChI=1S/C19H18N4O2/c1-25-18-4-2-3-16(10-18)23-17-9-15(12-21-13-17)19(24)22-11-14-5-7-20-8-6-14/h2-10,12-13,23H,11H2,1H3,(H,22,24). The van der Waals surface area contributed by atoms with Gasteiger partial charge in [-0.2, -0.15) is 0 Å². The summed E-state index contributed by atoms with van der Waals surface area (Å²) in [6, 6.07) is 13.0. The van der Waals surface area contributed by atoms with Crippen molar-refractivity contribution in [3.63, 3.8) is 0 Å². The molecule has 0 spiro atoms. The number of methoxy groups -OCH3 is 1. The minimum Gasteiger partial charge on any atom is -0.497 e. The molecule has 0 aliphatic heterocycles. The van der Waals surface area contributed by atoms with E-state index in [1.54, 1.807) is 38.0 Å². The monoisotopic (exact) mass is 334 g/mol. The van der Waals surface area contributed by atoms with E-state index in [9.17, 15) is 4.79 Å². The number of nitrogens with one attached hydrogen (secondary N) is 2. The zero-order chi connectivity index (χ0) is 17.5. The average molecular weight is 334 g/mol. The second kappa shape index (κ2) is 7.92. The fourth-order valence-electron chi connectivity index (χ4n) is 2.29. The highest BCUT2D eigenvalue weighted by Gasteiger charge is 2.07. The maximum Gasteiger partial charge on any atom is 0.253 e. The smallest absolute Gasteiger partial charge is 0.253 e. The number of rotatable bonds is 6. The second-order valence-electron chi connectivity index (χ2n) is 5.36. The zero-order valence-electron chi connectivity index (χ0n) is 13.8. The number of aromatic nitrogens is 2. The van der Waals surface area contributed by atoms with E-state index in [0.29, 0.717) is 12.1 Å². The van der Waals surface area contributed by atoms with Crippen LogP contribution in [-0.4, -0.2) is 23.0 Å². The van der Waals surface area contributed by atoms with E-state index in [1.807, 2.05) is 36.4 Å². The quantitative estimate of drug-likeness (QED) is 0.724. The van der Waals surface area contributed by atoms with Crippen LogP contribution in [0.25, 0.3) is 0 Å². The van der Waals surface area contributed by atoms with Gasteiger partial charge < -0.3 is 15.4 Å². The van der Waals surface area contributed by atoms with Crippen molar-refractivity contribution >= 4 is 17.3 Å². The summed E-state index contributed by atoms with van der Waals surface area (Å²) in [5.74, 6) is 0.572. The highest BCUT2D eigenvalue weighted by molar-refractivity contribution is 5.94. The minimum absolute atomic E-state index is 0.182. The number of ether oxygens (including phenoxy) is 1. The van der Waals surface area contributed by atoms with Gasteiger partial charge in [-0.1, -0.05) is 6.07 Å². The van der Waals surface area contributed by atoms with Crippen LogP contribution in [-0.2, 0) is 6.54 Å². The predicted octanol–water partition coefficient (Wildman–Crippen LogP) is 3.16. The summed E-state index contributed by atoms with van der Waals surface area (Å²) in [6.07, 6.45) is 6.60. The molecule has 0 saturated heterocycles. The molecule has 1 amide bonds. The summed E-state index contributed by atoms with van der Waals surface area (Å²) in [6.45, 7) is 0.439. The largest absolute Gasteiger partial charge is 0.497 e. The molecule has 2 heterocycles. The first-order valence-electron chi connectivity index (χ1n) is 7.78. The summed E-state index contributed by atoms with van der Waals surface area (Å²) in [4.78, 5) is 20.4. The third kappa shape index (κ3) is 4.54. The summed E-state index contributed by atoms with van der Waals surface area (Å²) >= 11 is 0. The van der Waals surface area contributed by atoms with Crippen LogP contribution in [0.5, 0.6) is 5.75 Å². The van der Waals surface area contributed by atoms with Gasteiger partial charge in [0.1, 0.15) is 5.75 Å². The number of hydrogen-bond acceptors (Lipinski definition) is 5. The molecule has 0 aliphatic rings. The zero-order valence-corrected chi connectivity index (χ0v) is 13.8. The van der Waals surface area contributed by atoms with Gasteiger partial charge in [0.25, 0.3) is 5.91 Å². The number of amides is 1. The van der Waals surface area contributed by atoms with Crippen molar-refractivity contribution < 1.29 is 9.53 Å². The van der Waals surface area contributed by atoms with Crippen molar-refractivity contribution in [2.45, 2.75) is 6.54 Å². The molecule has 6 nitrogen and oxygen atoms in total. The Morgan fingerprint density at radius 2 is 1.88 bits per heavy atom. The molecule has 1 aromatic carbocycles. The van der Waals surface area contributed by atoms with Crippen LogP contribution >= 0.6 is 0 Å². The van der Waals surface area contributed by atoms with E-state index in [-0.39, 0.29) is 5.91 Å². The summed E-state index contributed by atoms with van der Waals surface area (Å²) in [7, 11) is 1.62. The minimum atomic E-state index is -0.182. The third-order valence-corrected chi connectivity index (χ3v) is 3.56. The van der Waals surface area contributed by atoms with Crippen LogP contribution in [0.1, 0.15) is 15.9 Å². The molecule has 0 fully saturated rings. The lowest BCUT2D eigenvalue weighted by Gasteiger charge is -2.09. The molecule has 0 radical (unpaired) electrons. The van der Waals surface area contributed by atoms with Crippen molar-refractivity contribution in [2.75, 3.05) is 12.4 Å². The Bertz CT molecular complexity index is 853. The molecule has 0 bridgehead atoms. The summed E-state index contributed by atoms with van der Waals surface area (Å²) in [5, 5.41) is 6.09. The number of anilines is 2. The van der Waals surface area contributed by atoms with Crippen LogP contribution in [0.3, 0.4) is 0 Å². The van der Waals surface area contributed by atoms with Crippen molar-refractivity contribution in [1.82, 2.24) is 15.3 Å². The van der Waals surface area contributed by atoms with Gasteiger partial charge in [-0.15, -0.1) is 0 Å². The number of benzene rings is 1. The maximum absolute atomic E-state index is 12.3. The van der Waals surface area contributed by atoms with Gasteiger partial charge in [0, 0.05) is 36.9 Å². The molecule has 2 N–H and O–H groups in total. The van der Waals surface area contributed by atoms with E-state index in [2.05, 4.69) is 20.6 Å². The summed E-state index contributed by atoms with van der Waals surface area (Å²) < 4.78 is 5.20. The van der Waals surface area contributed by atoms with Crippen molar-refractivity contribution in [3.8, 4) is 5.75 Å². The van der Waals surface area contributed by atoms with Crippen LogP contribution in [0.15, 0.2) is 67.3 Å². The molecule has 6 heteroatoms. The predicted molar refractivity (Wildman–Crippen MR) is 95.9 cm³/mol. The van der Waals surface area contributed by atoms with Gasteiger partial charge >= 0.3 is 0 Å². The van der Waals surface area contributed by atoms with E-state index in [0.717, 1.165) is 22.7 Å². The number of pyridine rings is 2. The van der Waals surface area contributed by atoms with Crippen molar-refractivity contribution in [2.24, 2.45) is 0 Å². The normalized spacial score (nSPS) is 10.1. The van der Waals surface area contributed by atoms with E-state index in [4.69, 9.17) is 4.74 Å². The number of carbonyl (C=O) groups is 1. The molecule has 2 aromatic heterocycles. The van der Waals surface area contributed by atoms with Gasteiger partial charge in [-0.05, 0) is 35.9 Å². The highest BCUT2D eigenvalue weighted by Crippen LogP contribution is 2.21. The van der Waals surface area contributed by atoms with E-state index < -0.39 is 0 Å². The molecule has 0 aliphatic carbocycles. The molecule has 0 atom stereocenters. The van der Waals surface area contributed by atoms with Crippen LogP contribution in [0.4, 0.5) is 11.4 Å². The number of hydrogen-bond donors (Lipinski definition) is 2. The van der Waals surface area contributed by atoms with Gasteiger partial charge in [0.15, 0.2) is 0 Å². The molecule has 3 rings (SSSR count). The van der Waals surface area contributed by atoms with Crippen LogP contribution in [0, 0.1) is 0 Å². The van der Waals surface area contributed by atoms with E-state index >= 15 is 0 Å². The average Bonchev–Trinajstić information content (AvgIpc) is 2.67. The third-order valence-electron chi connectivity index (χ3n) is 3.56. The van der Waals surface area contributed by atoms with Gasteiger partial charge in [-0.25, -0.2) is 0 Å². The molecule has 3 aromatic rings. The Labute approximate surface area is 145 Å². The molecule has 25 heavy (non-hydrogen) atoms. The Morgan fingerprint density at radius 1 is 1.04 bits per heavy atom. The second-order valence-corrected chi connectivity index (χ2v) is 5.36. The number of nitrogens with zero attached hydrogens (tertiary/aromatic N) is 2. The maximum atomic E-state index is 12.3. The van der Waals surface area contributed by atoms with Crippen LogP contribution in [0.2, 0.25) is 0 Å². The Balaban J connectivity index is 1.67. The first-order valence-corrected chi connectivity index (χ1v) is 7.78. The lowest BCUT2D eigenvalue weighted by Crippen LogP contribution is -2.23. The van der Waals surface area contributed by atoms with Crippen LogP contribution < -0.4 is 15.4 Å². The van der Waals surface area contributed by atoms with Gasteiger partial charge in [0.2, 0.25) is 0 Å². The van der Waals surface area contributed by atoms with Crippen molar-refractivity contribution in [3.05, 3.63) is 78.4 Å². The topological polar surface area (TPSA) is 76.1 Å². The Hall–Kier alpha value is -3.41. The molecule has 0 unspecified atom stereocenters. The van der Waals surface area contributed by atoms with Gasteiger partial charge in [0.05, 0.1) is 24.6 Å². The lowest BCUT2D eigenvalue weighted by molar-refractivity contribution is 0.0950. The van der Waals surface area contributed by atoms with Crippen molar-refractivity contribution in [1.29, 1.82) is 0 Å². The fourth-order valence-corrected chi connectivity index (χ4v) is 2.29. The highest BCUT2D eigenvalue weighted by atomic mass is 16.5. The molecular formula is C19H18N4O2. The van der Waals surface area contributed by atoms with E-state index in [1.165, 1.54) is 0 Å².